The van der Waals surface area contributed by atoms with Gasteiger partial charge in [-0.05, 0) is 18.9 Å². The number of piperidine rings is 1. The lowest BCUT2D eigenvalue weighted by molar-refractivity contribution is -0.794. The maximum Gasteiger partial charge on any atom is 0.315 e. The molecule has 1 aromatic carbocycles. The summed E-state index contributed by atoms with van der Waals surface area (Å²) in [5, 5.41) is 19.8. The Balaban J connectivity index is 1.84. The highest BCUT2D eigenvalue weighted by Gasteiger charge is 2.48. The van der Waals surface area contributed by atoms with Crippen molar-refractivity contribution in [2.45, 2.75) is 32.4 Å². The van der Waals surface area contributed by atoms with E-state index in [9.17, 15) is 24.4 Å². The van der Waals surface area contributed by atoms with Gasteiger partial charge in [0.05, 0.1) is 11.5 Å². The summed E-state index contributed by atoms with van der Waals surface area (Å²) in [6.45, 7) is 2.34. The maximum atomic E-state index is 12.9. The summed E-state index contributed by atoms with van der Waals surface area (Å²) in [5.41, 5.74) is 1.05. The van der Waals surface area contributed by atoms with Crippen LogP contribution >= 0.6 is 0 Å². The Morgan fingerprint density at radius 3 is 2.77 bits per heavy atom. The number of carbonyl (C=O) groups is 4. The van der Waals surface area contributed by atoms with E-state index in [-0.39, 0.29) is 36.7 Å². The SMILES string of the molecule is CCNC(=O)NCc1cccc2c1C(=O)C(C1CCC(=O)NC1=O)[NH+]2[O-]. The zero-order valence-corrected chi connectivity index (χ0v) is 14.3. The van der Waals surface area contributed by atoms with E-state index in [0.717, 1.165) is 0 Å². The monoisotopic (exact) mass is 360 g/mol. The minimum atomic E-state index is -1.11. The van der Waals surface area contributed by atoms with E-state index in [2.05, 4.69) is 16.0 Å². The van der Waals surface area contributed by atoms with Crippen LogP contribution in [0.1, 0.15) is 35.7 Å². The Hall–Kier alpha value is -2.78. The van der Waals surface area contributed by atoms with Crippen molar-refractivity contribution in [1.29, 1.82) is 0 Å². The number of fused-ring (bicyclic) bond motifs is 1. The van der Waals surface area contributed by atoms with Gasteiger partial charge in [0, 0.05) is 25.6 Å². The van der Waals surface area contributed by atoms with Gasteiger partial charge >= 0.3 is 6.03 Å². The van der Waals surface area contributed by atoms with Gasteiger partial charge in [-0.2, -0.15) is 0 Å². The number of hydroxylamine groups is 1. The van der Waals surface area contributed by atoms with Gasteiger partial charge in [0.2, 0.25) is 17.6 Å². The molecule has 2 aliphatic rings. The van der Waals surface area contributed by atoms with Crippen molar-refractivity contribution in [1.82, 2.24) is 16.0 Å². The molecule has 1 saturated heterocycles. The van der Waals surface area contributed by atoms with Crippen LogP contribution in [0, 0.1) is 11.1 Å². The summed E-state index contributed by atoms with van der Waals surface area (Å²) in [7, 11) is 0. The van der Waals surface area contributed by atoms with Crippen molar-refractivity contribution < 1.29 is 24.2 Å². The van der Waals surface area contributed by atoms with Crippen LogP contribution in [0.25, 0.3) is 0 Å². The first-order valence-corrected chi connectivity index (χ1v) is 8.49. The summed E-state index contributed by atoms with van der Waals surface area (Å²) < 4.78 is 0. The number of Topliss-reactive ketones (excluding diaryl/α,β-unsaturated/α-hetero) is 1. The minimum Gasteiger partial charge on any atom is -0.628 e. The molecule has 2 heterocycles. The molecule has 0 radical (unpaired) electrons. The topological polar surface area (TPSA) is 132 Å². The fourth-order valence-corrected chi connectivity index (χ4v) is 3.48. The van der Waals surface area contributed by atoms with Crippen LogP contribution in [0.3, 0.4) is 0 Å². The fraction of sp³-hybridized carbons (Fsp3) is 0.412. The number of amides is 4. The first-order chi connectivity index (χ1) is 12.4. The van der Waals surface area contributed by atoms with Gasteiger partial charge in [0.1, 0.15) is 5.69 Å². The zero-order valence-electron chi connectivity index (χ0n) is 14.3. The van der Waals surface area contributed by atoms with Crippen molar-refractivity contribution in [2.24, 2.45) is 5.92 Å². The first kappa shape index (κ1) is 18.0. The molecule has 0 aromatic heterocycles. The molecule has 1 aromatic rings. The fourth-order valence-electron chi connectivity index (χ4n) is 3.48. The van der Waals surface area contributed by atoms with Gasteiger partial charge in [-0.25, -0.2) is 4.79 Å². The lowest BCUT2D eigenvalue weighted by Gasteiger charge is -2.30. The number of quaternary nitrogens is 1. The molecule has 2 aliphatic heterocycles. The molecule has 26 heavy (non-hydrogen) atoms. The highest BCUT2D eigenvalue weighted by molar-refractivity contribution is 6.10. The smallest absolute Gasteiger partial charge is 0.315 e. The third-order valence-electron chi connectivity index (χ3n) is 4.69. The van der Waals surface area contributed by atoms with Gasteiger partial charge < -0.3 is 20.9 Å². The molecule has 0 aliphatic carbocycles. The van der Waals surface area contributed by atoms with Gasteiger partial charge in [-0.15, -0.1) is 0 Å². The molecule has 3 rings (SSSR count). The van der Waals surface area contributed by atoms with Crippen LogP contribution in [0.4, 0.5) is 10.5 Å². The molecular weight excluding hydrogens is 340 g/mol. The second-order valence-corrected chi connectivity index (χ2v) is 6.32. The average Bonchev–Trinajstić information content (AvgIpc) is 2.85. The van der Waals surface area contributed by atoms with E-state index in [0.29, 0.717) is 12.1 Å². The molecular formula is C17H20N4O5. The van der Waals surface area contributed by atoms with Crippen molar-refractivity contribution in [3.8, 4) is 0 Å². The normalized spacial score (nSPS) is 24.8. The van der Waals surface area contributed by atoms with E-state index in [1.54, 1.807) is 25.1 Å². The second-order valence-electron chi connectivity index (χ2n) is 6.32. The van der Waals surface area contributed by atoms with E-state index in [1.807, 2.05) is 0 Å². The third-order valence-corrected chi connectivity index (χ3v) is 4.69. The number of ketones is 1. The highest BCUT2D eigenvalue weighted by atomic mass is 16.5. The Morgan fingerprint density at radius 1 is 1.31 bits per heavy atom. The molecule has 9 nitrogen and oxygen atoms in total. The van der Waals surface area contributed by atoms with Crippen LogP contribution in [-0.2, 0) is 16.1 Å². The summed E-state index contributed by atoms with van der Waals surface area (Å²) in [6.07, 6.45) is 0.280. The lowest BCUT2D eigenvalue weighted by atomic mass is 9.87. The Labute approximate surface area is 149 Å². The molecule has 0 saturated carbocycles. The molecule has 4 amide bonds. The summed E-state index contributed by atoms with van der Waals surface area (Å²) in [4.78, 5) is 47.9. The standard InChI is InChI=1S/C17H20N4O5/c1-2-18-17(25)19-8-9-4-3-5-11-13(9)15(23)14(21(11)26)10-6-7-12(22)20-16(10)24/h3-5,10,14,21H,2,6-8H2,1H3,(H2,18,19,25)(H,20,22,24). The van der Waals surface area contributed by atoms with Crippen LogP contribution in [0.15, 0.2) is 18.2 Å². The predicted molar refractivity (Wildman–Crippen MR) is 90.3 cm³/mol. The molecule has 0 bridgehead atoms. The number of nitrogens with one attached hydrogen (secondary N) is 4. The Bertz CT molecular complexity index is 778. The van der Waals surface area contributed by atoms with Crippen molar-refractivity contribution in [2.75, 3.05) is 6.54 Å². The van der Waals surface area contributed by atoms with Gasteiger partial charge in [0.25, 0.3) is 0 Å². The minimum absolute atomic E-state index is 0.0933. The Kier molecular flexibility index (Phi) is 5.01. The van der Waals surface area contributed by atoms with Crippen LogP contribution in [-0.4, -0.2) is 36.2 Å². The zero-order chi connectivity index (χ0) is 18.8. The largest absolute Gasteiger partial charge is 0.628 e. The van der Waals surface area contributed by atoms with E-state index >= 15 is 0 Å². The van der Waals surface area contributed by atoms with Gasteiger partial charge in [0.15, 0.2) is 6.04 Å². The summed E-state index contributed by atoms with van der Waals surface area (Å²) >= 11 is 0. The van der Waals surface area contributed by atoms with Gasteiger partial charge in [-0.3, -0.25) is 19.7 Å². The number of carbonyl (C=O) groups excluding carboxylic acids is 4. The van der Waals surface area contributed by atoms with Crippen LogP contribution < -0.4 is 21.0 Å². The third kappa shape index (κ3) is 3.18. The lowest BCUT2D eigenvalue weighted by Crippen LogP contribution is -3.07. The highest BCUT2D eigenvalue weighted by Crippen LogP contribution is 2.29. The molecule has 3 unspecified atom stereocenters. The number of urea groups is 1. The quantitative estimate of drug-likeness (QED) is 0.410. The van der Waals surface area contributed by atoms with Crippen molar-refractivity contribution >= 4 is 29.3 Å². The van der Waals surface area contributed by atoms with Crippen molar-refractivity contribution in [3.05, 3.63) is 34.5 Å². The summed E-state index contributed by atoms with van der Waals surface area (Å²) in [5.74, 6) is -2.24. The average molecular weight is 360 g/mol. The predicted octanol–water partition coefficient (Wildman–Crippen LogP) is -0.862. The number of rotatable bonds is 4. The molecule has 9 heteroatoms. The Morgan fingerprint density at radius 2 is 2.08 bits per heavy atom. The first-order valence-electron chi connectivity index (χ1n) is 8.49. The number of imide groups is 1. The van der Waals surface area contributed by atoms with E-state index < -0.39 is 34.6 Å². The van der Waals surface area contributed by atoms with Gasteiger partial charge in [-0.1, -0.05) is 12.1 Å². The second kappa shape index (κ2) is 7.22. The molecule has 138 valence electrons. The molecule has 1 fully saturated rings. The molecule has 3 atom stereocenters. The maximum absolute atomic E-state index is 12.9. The van der Waals surface area contributed by atoms with Crippen LogP contribution in [0.5, 0.6) is 0 Å². The molecule has 4 N–H and O–H groups in total. The van der Waals surface area contributed by atoms with Crippen molar-refractivity contribution in [3.63, 3.8) is 0 Å². The molecule has 0 spiro atoms. The number of hydrogen-bond acceptors (Lipinski definition) is 5. The van der Waals surface area contributed by atoms with E-state index in [1.165, 1.54) is 0 Å². The van der Waals surface area contributed by atoms with E-state index in [4.69, 9.17) is 0 Å². The number of benzene rings is 1. The number of hydrogen-bond donors (Lipinski definition) is 4. The summed E-state index contributed by atoms with van der Waals surface area (Å²) in [6, 6.07) is 3.39. The van der Waals surface area contributed by atoms with Crippen LogP contribution in [0.2, 0.25) is 0 Å².